The van der Waals surface area contributed by atoms with E-state index in [1.807, 2.05) is 74.8 Å². The van der Waals surface area contributed by atoms with Gasteiger partial charge in [-0.2, -0.15) is 5.10 Å². The number of carbonyl (C=O) groups is 2. The molecule has 0 saturated heterocycles. The van der Waals surface area contributed by atoms with Crippen LogP contribution in [-0.2, 0) is 32.0 Å². The van der Waals surface area contributed by atoms with E-state index in [1.54, 1.807) is 19.9 Å². The van der Waals surface area contributed by atoms with Crippen molar-refractivity contribution < 1.29 is 23.8 Å². The highest BCUT2D eigenvalue weighted by Crippen LogP contribution is 2.26. The smallest absolute Gasteiger partial charge is 0.327 e. The minimum atomic E-state index is -1.01. The fraction of sp³-hybridized carbons (Fsp3) is 0.433. The molecule has 0 radical (unpaired) electrons. The Morgan fingerprint density at radius 3 is 2.41 bits per heavy atom. The van der Waals surface area contributed by atoms with Gasteiger partial charge in [0.2, 0.25) is 0 Å². The van der Waals surface area contributed by atoms with Crippen LogP contribution in [-0.4, -0.2) is 40.0 Å². The quantitative estimate of drug-likeness (QED) is 0.272. The number of aromatic nitrogens is 2. The third-order valence-electron chi connectivity index (χ3n) is 5.77. The first kappa shape index (κ1) is 30.4. The molecular weight excluding hydrogens is 562 g/mol. The minimum Gasteiger partial charge on any atom is -0.492 e. The Kier molecular flexibility index (Phi) is 10.3. The first-order valence-electron chi connectivity index (χ1n) is 13.1. The fourth-order valence-electron chi connectivity index (χ4n) is 3.99. The summed E-state index contributed by atoms with van der Waals surface area (Å²) in [4.78, 5) is 24.9. The molecule has 0 spiro atoms. The van der Waals surface area contributed by atoms with Crippen molar-refractivity contribution in [2.75, 3.05) is 6.61 Å². The summed E-state index contributed by atoms with van der Waals surface area (Å²) in [7, 11) is 0. The third kappa shape index (κ3) is 9.21. The van der Waals surface area contributed by atoms with Crippen LogP contribution in [0.4, 0.5) is 0 Å². The molecule has 1 aromatic heterocycles. The zero-order chi connectivity index (χ0) is 28.7. The topological polar surface area (TPSA) is 106 Å². The minimum absolute atomic E-state index is 0.162. The molecule has 0 saturated carbocycles. The van der Waals surface area contributed by atoms with Gasteiger partial charge in [-0.25, -0.2) is 4.79 Å². The van der Waals surface area contributed by atoms with Crippen LogP contribution >= 0.6 is 15.9 Å². The molecule has 210 valence electrons. The lowest BCUT2D eigenvalue weighted by Gasteiger charge is -2.21. The van der Waals surface area contributed by atoms with Gasteiger partial charge in [-0.1, -0.05) is 34.1 Å². The Morgan fingerprint density at radius 1 is 1.08 bits per heavy atom. The summed E-state index contributed by atoms with van der Waals surface area (Å²) in [5, 5.41) is 4.71. The second-order valence-electron chi connectivity index (χ2n) is 10.7. The maximum atomic E-state index is 12.6. The van der Waals surface area contributed by atoms with Crippen LogP contribution in [0.25, 0.3) is 11.3 Å². The summed E-state index contributed by atoms with van der Waals surface area (Å²) in [6.07, 6.45) is 0.238. The highest BCUT2D eigenvalue weighted by Gasteiger charge is 2.23. The molecule has 1 heterocycles. The Labute approximate surface area is 238 Å². The van der Waals surface area contributed by atoms with Gasteiger partial charge in [0.25, 0.3) is 0 Å². The van der Waals surface area contributed by atoms with Crippen molar-refractivity contribution in [1.29, 1.82) is 0 Å². The second-order valence-corrected chi connectivity index (χ2v) is 11.6. The first-order valence-corrected chi connectivity index (χ1v) is 13.9. The van der Waals surface area contributed by atoms with Crippen LogP contribution < -0.4 is 10.5 Å². The van der Waals surface area contributed by atoms with Gasteiger partial charge in [0.15, 0.2) is 0 Å². The van der Waals surface area contributed by atoms with Gasteiger partial charge in [0.05, 0.1) is 18.3 Å². The number of benzene rings is 2. The Bertz CT molecular complexity index is 1280. The molecule has 1 atom stereocenters. The number of ether oxygens (including phenoxy) is 3. The summed E-state index contributed by atoms with van der Waals surface area (Å²) in [6.45, 7) is 11.9. The van der Waals surface area contributed by atoms with Crippen molar-refractivity contribution in [1.82, 2.24) is 9.78 Å². The SMILES string of the molecule is Cc1cc(-c2ccc(Br)cc2)nn1CCOc1ccc(CCC(=O)OC(C)(C)C)c(C(N)C(=O)OC(C)C)c1. The van der Waals surface area contributed by atoms with Crippen LogP contribution in [0.2, 0.25) is 0 Å². The van der Waals surface area contributed by atoms with E-state index in [0.29, 0.717) is 30.9 Å². The van der Waals surface area contributed by atoms with Crippen LogP contribution in [0, 0.1) is 6.92 Å². The zero-order valence-corrected chi connectivity index (χ0v) is 25.1. The number of nitrogens with two attached hydrogens (primary N) is 1. The van der Waals surface area contributed by atoms with Crippen LogP contribution in [0.5, 0.6) is 5.75 Å². The maximum absolute atomic E-state index is 12.6. The fourth-order valence-corrected chi connectivity index (χ4v) is 4.25. The molecule has 9 heteroatoms. The normalized spacial score (nSPS) is 12.3. The molecule has 3 rings (SSSR count). The van der Waals surface area contributed by atoms with E-state index in [1.165, 1.54) is 0 Å². The lowest BCUT2D eigenvalue weighted by Crippen LogP contribution is -2.27. The highest BCUT2D eigenvalue weighted by atomic mass is 79.9. The number of esters is 2. The van der Waals surface area contributed by atoms with Crippen LogP contribution in [0.15, 0.2) is 53.0 Å². The zero-order valence-electron chi connectivity index (χ0n) is 23.5. The first-order chi connectivity index (χ1) is 18.3. The van der Waals surface area contributed by atoms with Crippen molar-refractivity contribution in [2.45, 2.75) is 78.7 Å². The number of carbonyl (C=O) groups excluding carboxylic acids is 2. The molecule has 0 aliphatic carbocycles. The molecular formula is C30H38BrN3O5. The molecule has 39 heavy (non-hydrogen) atoms. The van der Waals surface area contributed by atoms with E-state index in [9.17, 15) is 9.59 Å². The number of nitrogens with zero attached hydrogens (tertiary/aromatic N) is 2. The third-order valence-corrected chi connectivity index (χ3v) is 6.30. The summed E-state index contributed by atoms with van der Waals surface area (Å²) in [6, 6.07) is 14.5. The van der Waals surface area contributed by atoms with E-state index in [0.717, 1.165) is 27.0 Å². The number of halogens is 1. The molecule has 0 aliphatic heterocycles. The van der Waals surface area contributed by atoms with Gasteiger partial charge in [0.1, 0.15) is 24.0 Å². The lowest BCUT2D eigenvalue weighted by molar-refractivity contribution is -0.154. The molecule has 0 bridgehead atoms. The van der Waals surface area contributed by atoms with Crippen molar-refractivity contribution in [3.8, 4) is 17.0 Å². The molecule has 0 amide bonds. The molecule has 3 aromatic rings. The average molecular weight is 601 g/mol. The van der Waals surface area contributed by atoms with Gasteiger partial charge >= 0.3 is 11.9 Å². The van der Waals surface area contributed by atoms with Crippen LogP contribution in [0.1, 0.15) is 63.9 Å². The maximum Gasteiger partial charge on any atom is 0.327 e. The van der Waals surface area contributed by atoms with Crippen molar-refractivity contribution >= 4 is 27.9 Å². The number of rotatable bonds is 11. The number of aryl methyl sites for hydroxylation is 2. The van der Waals surface area contributed by atoms with Crippen LogP contribution in [0.3, 0.4) is 0 Å². The molecule has 0 aliphatic rings. The summed E-state index contributed by atoms with van der Waals surface area (Å²) in [5.74, 6) is -0.283. The van der Waals surface area contributed by atoms with Gasteiger partial charge in [-0.3, -0.25) is 9.48 Å². The monoisotopic (exact) mass is 599 g/mol. The Hall–Kier alpha value is -3.17. The summed E-state index contributed by atoms with van der Waals surface area (Å²) in [5.41, 5.74) is 10.0. The van der Waals surface area contributed by atoms with Crippen molar-refractivity contribution in [2.24, 2.45) is 5.73 Å². The van der Waals surface area contributed by atoms with Gasteiger partial charge in [0, 0.05) is 22.2 Å². The molecule has 2 N–H and O–H groups in total. The molecule has 2 aromatic carbocycles. The van der Waals surface area contributed by atoms with E-state index in [-0.39, 0.29) is 18.5 Å². The predicted molar refractivity (Wildman–Crippen MR) is 154 cm³/mol. The van der Waals surface area contributed by atoms with Gasteiger partial charge in [-0.05, 0) is 89.4 Å². The molecule has 1 unspecified atom stereocenters. The van der Waals surface area contributed by atoms with E-state index in [2.05, 4.69) is 15.9 Å². The van der Waals surface area contributed by atoms with E-state index in [4.69, 9.17) is 25.0 Å². The van der Waals surface area contributed by atoms with Crippen molar-refractivity contribution in [3.05, 3.63) is 69.8 Å². The standard InChI is InChI=1S/C30H38BrN3O5/c1-19(2)38-29(36)28(32)25-18-24(13-9-21(25)10-14-27(35)39-30(4,5)6)37-16-15-34-20(3)17-26(33-34)22-7-11-23(31)12-8-22/h7-9,11-13,17-19,28H,10,14-16,32H2,1-6H3. The van der Waals surface area contributed by atoms with Gasteiger partial charge < -0.3 is 19.9 Å². The summed E-state index contributed by atoms with van der Waals surface area (Å²) >= 11 is 3.46. The summed E-state index contributed by atoms with van der Waals surface area (Å²) < 4.78 is 19.7. The Balaban J connectivity index is 1.72. The number of hydrogen-bond acceptors (Lipinski definition) is 7. The lowest BCUT2D eigenvalue weighted by atomic mass is 9.97. The molecule has 0 fully saturated rings. The molecule has 8 nitrogen and oxygen atoms in total. The Morgan fingerprint density at radius 2 is 1.77 bits per heavy atom. The second kappa shape index (κ2) is 13.3. The predicted octanol–water partition coefficient (Wildman–Crippen LogP) is 5.93. The van der Waals surface area contributed by atoms with E-state index < -0.39 is 17.6 Å². The average Bonchev–Trinajstić information content (AvgIpc) is 3.21. The highest BCUT2D eigenvalue weighted by molar-refractivity contribution is 9.10. The number of hydrogen-bond donors (Lipinski definition) is 1. The van der Waals surface area contributed by atoms with Crippen molar-refractivity contribution in [3.63, 3.8) is 0 Å². The largest absolute Gasteiger partial charge is 0.492 e. The van der Waals surface area contributed by atoms with E-state index >= 15 is 0 Å². The van der Waals surface area contributed by atoms with Gasteiger partial charge in [-0.15, -0.1) is 0 Å².